The van der Waals surface area contributed by atoms with Gasteiger partial charge in [-0.25, -0.2) is 0 Å². The van der Waals surface area contributed by atoms with Crippen molar-refractivity contribution in [3.05, 3.63) is 0 Å². The van der Waals surface area contributed by atoms with Gasteiger partial charge in [-0.2, -0.15) is 0 Å². The van der Waals surface area contributed by atoms with Crippen molar-refractivity contribution in [1.29, 1.82) is 0 Å². The van der Waals surface area contributed by atoms with E-state index in [0.717, 1.165) is 32.8 Å². The van der Waals surface area contributed by atoms with Crippen molar-refractivity contribution >= 4 is 0 Å². The van der Waals surface area contributed by atoms with E-state index in [-0.39, 0.29) is 6.10 Å². The molecule has 1 N–H and O–H groups in total. The molecule has 2 atom stereocenters. The van der Waals surface area contributed by atoms with Crippen LogP contribution < -0.4 is 0 Å². The topological polar surface area (TPSA) is 41.9 Å². The minimum Gasteiger partial charge on any atom is -0.391 e. The maximum absolute atomic E-state index is 9.36. The van der Waals surface area contributed by atoms with Crippen LogP contribution in [-0.2, 0) is 9.47 Å². The Labute approximate surface area is 79.4 Å². The number of rotatable bonds is 4. The van der Waals surface area contributed by atoms with Gasteiger partial charge < -0.3 is 14.6 Å². The van der Waals surface area contributed by atoms with Crippen LogP contribution in [0.4, 0.5) is 0 Å². The van der Waals surface area contributed by atoms with Crippen molar-refractivity contribution in [1.82, 2.24) is 4.90 Å². The van der Waals surface area contributed by atoms with E-state index in [9.17, 15) is 5.11 Å². The standard InChI is InChI=1S/C9H19NO3/c1-8(11)9(12-2)7-10-3-5-13-6-4-10/h8-9,11H,3-7H2,1-2H3/t8-,9?/m1/s1. The summed E-state index contributed by atoms with van der Waals surface area (Å²) in [7, 11) is 1.64. The number of ether oxygens (including phenoxy) is 2. The minimum atomic E-state index is -0.409. The van der Waals surface area contributed by atoms with Gasteiger partial charge in [0.2, 0.25) is 0 Å². The fraction of sp³-hybridized carbons (Fsp3) is 1.00. The summed E-state index contributed by atoms with van der Waals surface area (Å²) in [5, 5.41) is 9.36. The van der Waals surface area contributed by atoms with Crippen molar-refractivity contribution in [2.24, 2.45) is 0 Å². The molecule has 0 aromatic heterocycles. The molecule has 0 bridgehead atoms. The molecule has 1 fully saturated rings. The van der Waals surface area contributed by atoms with Gasteiger partial charge in [-0.15, -0.1) is 0 Å². The third kappa shape index (κ3) is 3.60. The monoisotopic (exact) mass is 189 g/mol. The lowest BCUT2D eigenvalue weighted by Crippen LogP contribution is -2.44. The van der Waals surface area contributed by atoms with Gasteiger partial charge in [0.05, 0.1) is 25.4 Å². The Bertz CT molecular complexity index is 135. The molecule has 0 aromatic carbocycles. The van der Waals surface area contributed by atoms with Crippen LogP contribution in [-0.4, -0.2) is 62.2 Å². The average molecular weight is 189 g/mol. The summed E-state index contributed by atoms with van der Waals surface area (Å²) in [6.45, 7) is 6.00. The summed E-state index contributed by atoms with van der Waals surface area (Å²) >= 11 is 0. The molecule has 1 unspecified atom stereocenters. The second kappa shape index (κ2) is 5.54. The molecule has 0 spiro atoms. The molecule has 1 saturated heterocycles. The lowest BCUT2D eigenvalue weighted by Gasteiger charge is -2.30. The molecule has 1 heterocycles. The van der Waals surface area contributed by atoms with Crippen molar-refractivity contribution in [2.45, 2.75) is 19.1 Å². The highest BCUT2D eigenvalue weighted by Gasteiger charge is 2.19. The number of aliphatic hydroxyl groups is 1. The summed E-state index contributed by atoms with van der Waals surface area (Å²) in [5.41, 5.74) is 0. The van der Waals surface area contributed by atoms with Crippen LogP contribution in [0.3, 0.4) is 0 Å². The predicted octanol–water partition coefficient (Wildman–Crippen LogP) is -0.286. The largest absolute Gasteiger partial charge is 0.391 e. The third-order valence-corrected chi connectivity index (χ3v) is 2.38. The summed E-state index contributed by atoms with van der Waals surface area (Å²) in [6, 6.07) is 0. The molecule has 0 radical (unpaired) electrons. The highest BCUT2D eigenvalue weighted by Crippen LogP contribution is 2.04. The molecule has 13 heavy (non-hydrogen) atoms. The molecular weight excluding hydrogens is 170 g/mol. The molecule has 78 valence electrons. The number of methoxy groups -OCH3 is 1. The molecule has 4 nitrogen and oxygen atoms in total. The Morgan fingerprint density at radius 1 is 1.46 bits per heavy atom. The number of morpholine rings is 1. The minimum absolute atomic E-state index is 0.0851. The Balaban J connectivity index is 2.27. The van der Waals surface area contributed by atoms with Crippen LogP contribution in [0.25, 0.3) is 0 Å². The van der Waals surface area contributed by atoms with Gasteiger partial charge in [-0.05, 0) is 6.92 Å². The fourth-order valence-corrected chi connectivity index (χ4v) is 1.46. The summed E-state index contributed by atoms with van der Waals surface area (Å²) < 4.78 is 10.4. The number of nitrogens with zero attached hydrogens (tertiary/aromatic N) is 1. The van der Waals surface area contributed by atoms with Crippen LogP contribution in [0.1, 0.15) is 6.92 Å². The van der Waals surface area contributed by atoms with Gasteiger partial charge in [0.1, 0.15) is 0 Å². The van der Waals surface area contributed by atoms with E-state index >= 15 is 0 Å². The average Bonchev–Trinajstić information content (AvgIpc) is 2.15. The van der Waals surface area contributed by atoms with E-state index in [2.05, 4.69) is 4.90 Å². The fourth-order valence-electron chi connectivity index (χ4n) is 1.46. The van der Waals surface area contributed by atoms with Crippen molar-refractivity contribution in [3.8, 4) is 0 Å². The molecular formula is C9H19NO3. The molecule has 1 aliphatic rings. The van der Waals surface area contributed by atoms with Gasteiger partial charge >= 0.3 is 0 Å². The Morgan fingerprint density at radius 3 is 2.54 bits per heavy atom. The van der Waals surface area contributed by atoms with Gasteiger partial charge in [-0.3, -0.25) is 4.90 Å². The van der Waals surface area contributed by atoms with Gasteiger partial charge in [0.25, 0.3) is 0 Å². The van der Waals surface area contributed by atoms with Crippen LogP contribution in [0.15, 0.2) is 0 Å². The van der Waals surface area contributed by atoms with Gasteiger partial charge in [0.15, 0.2) is 0 Å². The first-order valence-electron chi connectivity index (χ1n) is 4.75. The Morgan fingerprint density at radius 2 is 2.08 bits per heavy atom. The van der Waals surface area contributed by atoms with Crippen LogP contribution in [0, 0.1) is 0 Å². The first-order valence-corrected chi connectivity index (χ1v) is 4.75. The summed E-state index contributed by atoms with van der Waals surface area (Å²) in [5.74, 6) is 0. The predicted molar refractivity (Wildman–Crippen MR) is 49.7 cm³/mol. The van der Waals surface area contributed by atoms with E-state index in [1.54, 1.807) is 14.0 Å². The van der Waals surface area contributed by atoms with E-state index in [1.807, 2.05) is 0 Å². The van der Waals surface area contributed by atoms with Crippen LogP contribution >= 0.6 is 0 Å². The van der Waals surface area contributed by atoms with Gasteiger partial charge in [0, 0.05) is 26.7 Å². The lowest BCUT2D eigenvalue weighted by molar-refractivity contribution is -0.0418. The Hall–Kier alpha value is -0.160. The van der Waals surface area contributed by atoms with E-state index < -0.39 is 6.10 Å². The zero-order chi connectivity index (χ0) is 9.68. The van der Waals surface area contributed by atoms with Crippen LogP contribution in [0.2, 0.25) is 0 Å². The highest BCUT2D eigenvalue weighted by molar-refractivity contribution is 4.71. The maximum atomic E-state index is 9.36. The van der Waals surface area contributed by atoms with Crippen molar-refractivity contribution in [2.75, 3.05) is 40.0 Å². The Kier molecular flexibility index (Phi) is 4.66. The SMILES string of the molecule is COC(CN1CCOCC1)[C@@H](C)O. The molecule has 4 heteroatoms. The lowest BCUT2D eigenvalue weighted by atomic mass is 10.2. The van der Waals surface area contributed by atoms with Crippen LogP contribution in [0.5, 0.6) is 0 Å². The number of hydrogen-bond acceptors (Lipinski definition) is 4. The smallest absolute Gasteiger partial charge is 0.0953 e. The molecule has 1 aliphatic heterocycles. The number of aliphatic hydroxyl groups excluding tert-OH is 1. The first-order chi connectivity index (χ1) is 6.24. The number of hydrogen-bond donors (Lipinski definition) is 1. The van der Waals surface area contributed by atoms with Gasteiger partial charge in [-0.1, -0.05) is 0 Å². The second-order valence-corrected chi connectivity index (χ2v) is 3.43. The third-order valence-electron chi connectivity index (χ3n) is 2.38. The first kappa shape index (κ1) is 10.9. The van der Waals surface area contributed by atoms with E-state index in [4.69, 9.17) is 9.47 Å². The highest BCUT2D eigenvalue weighted by atomic mass is 16.5. The zero-order valence-corrected chi connectivity index (χ0v) is 8.40. The van der Waals surface area contributed by atoms with Crippen molar-refractivity contribution in [3.63, 3.8) is 0 Å². The van der Waals surface area contributed by atoms with E-state index in [0.29, 0.717) is 0 Å². The summed E-state index contributed by atoms with van der Waals surface area (Å²) in [4.78, 5) is 2.25. The molecule has 0 saturated carbocycles. The molecule has 0 aromatic rings. The molecule has 1 rings (SSSR count). The molecule has 0 amide bonds. The quantitative estimate of drug-likeness (QED) is 0.660. The normalized spacial score (nSPS) is 24.2. The maximum Gasteiger partial charge on any atom is 0.0953 e. The van der Waals surface area contributed by atoms with E-state index in [1.165, 1.54) is 0 Å². The summed E-state index contributed by atoms with van der Waals surface area (Å²) in [6.07, 6.45) is -0.494. The van der Waals surface area contributed by atoms with Crippen molar-refractivity contribution < 1.29 is 14.6 Å². The second-order valence-electron chi connectivity index (χ2n) is 3.43. The zero-order valence-electron chi connectivity index (χ0n) is 8.40. The molecule has 0 aliphatic carbocycles.